The molecule has 2 aromatic rings. The van der Waals surface area contributed by atoms with Crippen molar-refractivity contribution in [2.75, 3.05) is 5.75 Å². The smallest absolute Gasteiger partial charge is 0.121 e. The van der Waals surface area contributed by atoms with Crippen LogP contribution in [0.3, 0.4) is 0 Å². The van der Waals surface area contributed by atoms with Gasteiger partial charge in [0.1, 0.15) is 5.82 Å². The van der Waals surface area contributed by atoms with Crippen molar-refractivity contribution in [3.05, 3.63) is 35.8 Å². The van der Waals surface area contributed by atoms with E-state index in [2.05, 4.69) is 28.2 Å². The van der Waals surface area contributed by atoms with Gasteiger partial charge in [-0.2, -0.15) is 0 Å². The van der Waals surface area contributed by atoms with Crippen LogP contribution in [-0.4, -0.2) is 15.7 Å². The van der Waals surface area contributed by atoms with Gasteiger partial charge in [0.25, 0.3) is 0 Å². The number of nitrogens with one attached hydrogen (secondary N) is 1. The van der Waals surface area contributed by atoms with E-state index in [-0.39, 0.29) is 0 Å². The van der Waals surface area contributed by atoms with Crippen LogP contribution in [0.15, 0.2) is 29.3 Å². The van der Waals surface area contributed by atoms with E-state index >= 15 is 0 Å². The first-order valence-electron chi connectivity index (χ1n) is 5.73. The van der Waals surface area contributed by atoms with Crippen LogP contribution >= 0.6 is 23.4 Å². The second kappa shape index (κ2) is 4.75. The van der Waals surface area contributed by atoms with Crippen molar-refractivity contribution in [3.8, 4) is 11.3 Å². The number of rotatable bonds is 2. The monoisotopic (exact) mass is 264 g/mol. The Bertz CT molecular complexity index is 536. The molecule has 1 N–H and O–H groups in total. The molecule has 0 unspecified atom stereocenters. The molecule has 17 heavy (non-hydrogen) atoms. The van der Waals surface area contributed by atoms with Crippen LogP contribution in [0.1, 0.15) is 17.8 Å². The lowest BCUT2D eigenvalue weighted by molar-refractivity contribution is 0.890. The highest BCUT2D eigenvalue weighted by atomic mass is 35.5. The molecule has 2 heterocycles. The lowest BCUT2D eigenvalue weighted by Crippen LogP contribution is -1.98. The molecule has 0 radical (unpaired) electrons. The molecule has 1 aromatic heterocycles. The van der Waals surface area contributed by atoms with Crippen molar-refractivity contribution in [3.63, 3.8) is 0 Å². The quantitative estimate of drug-likeness (QED) is 0.835. The van der Waals surface area contributed by atoms with Gasteiger partial charge in [-0.25, -0.2) is 4.98 Å². The predicted molar refractivity (Wildman–Crippen MR) is 72.6 cm³/mol. The first kappa shape index (κ1) is 11.2. The van der Waals surface area contributed by atoms with Crippen LogP contribution in [0.2, 0.25) is 0 Å². The minimum Gasteiger partial charge on any atom is -0.341 e. The van der Waals surface area contributed by atoms with Crippen LogP contribution in [0.25, 0.3) is 11.3 Å². The molecular formula is C13H13ClN2S. The molecule has 1 aliphatic rings. The van der Waals surface area contributed by atoms with Crippen LogP contribution in [0.4, 0.5) is 0 Å². The number of H-pyrrole nitrogens is 1. The number of aromatic amines is 1. The topological polar surface area (TPSA) is 28.7 Å². The van der Waals surface area contributed by atoms with Gasteiger partial charge in [-0.1, -0.05) is 6.07 Å². The van der Waals surface area contributed by atoms with Gasteiger partial charge in [-0.05, 0) is 41.9 Å². The molecule has 1 aliphatic heterocycles. The molecule has 3 rings (SSSR count). The fourth-order valence-corrected chi connectivity index (χ4v) is 3.26. The fourth-order valence-electron chi connectivity index (χ4n) is 2.10. The number of imidazole rings is 1. The van der Waals surface area contributed by atoms with Gasteiger partial charge in [-0.3, -0.25) is 0 Å². The molecule has 0 spiro atoms. The summed E-state index contributed by atoms with van der Waals surface area (Å²) < 4.78 is 0. The summed E-state index contributed by atoms with van der Waals surface area (Å²) in [6, 6.07) is 6.64. The van der Waals surface area contributed by atoms with Crippen molar-refractivity contribution in [2.45, 2.75) is 23.6 Å². The Kier molecular flexibility index (Phi) is 3.12. The van der Waals surface area contributed by atoms with Gasteiger partial charge in [0.05, 0.1) is 17.8 Å². The molecule has 0 fully saturated rings. The van der Waals surface area contributed by atoms with Crippen molar-refractivity contribution >= 4 is 23.4 Å². The Labute approximate surface area is 110 Å². The highest BCUT2D eigenvalue weighted by Crippen LogP contribution is 2.32. The number of hydrogen-bond donors (Lipinski definition) is 1. The zero-order valence-corrected chi connectivity index (χ0v) is 10.9. The van der Waals surface area contributed by atoms with Gasteiger partial charge in [0.2, 0.25) is 0 Å². The lowest BCUT2D eigenvalue weighted by atomic mass is 10.0. The molecule has 0 saturated heterocycles. The Morgan fingerprint density at radius 2 is 2.35 bits per heavy atom. The number of aryl methyl sites for hydroxylation is 1. The maximum Gasteiger partial charge on any atom is 0.121 e. The van der Waals surface area contributed by atoms with E-state index in [4.69, 9.17) is 11.6 Å². The molecule has 2 nitrogen and oxygen atoms in total. The average molecular weight is 265 g/mol. The van der Waals surface area contributed by atoms with E-state index in [1.807, 2.05) is 18.0 Å². The van der Waals surface area contributed by atoms with Gasteiger partial charge in [0, 0.05) is 4.90 Å². The molecule has 88 valence electrons. The third-order valence-electron chi connectivity index (χ3n) is 2.97. The van der Waals surface area contributed by atoms with Gasteiger partial charge in [0.15, 0.2) is 0 Å². The lowest BCUT2D eigenvalue weighted by Gasteiger charge is -2.15. The first-order valence-corrected chi connectivity index (χ1v) is 7.25. The number of nitrogens with zero attached hydrogens (tertiary/aromatic N) is 1. The molecule has 0 saturated carbocycles. The highest BCUT2D eigenvalue weighted by Gasteiger charge is 2.11. The molecule has 1 aromatic carbocycles. The summed E-state index contributed by atoms with van der Waals surface area (Å²) in [7, 11) is 0. The van der Waals surface area contributed by atoms with Crippen LogP contribution in [-0.2, 0) is 12.3 Å². The van der Waals surface area contributed by atoms with Crippen molar-refractivity contribution in [2.24, 2.45) is 0 Å². The van der Waals surface area contributed by atoms with Gasteiger partial charge in [-0.15, -0.1) is 23.4 Å². The SMILES string of the molecule is ClCc1ncc(-c2ccc3c(c2)CCCS3)[nH]1. The summed E-state index contributed by atoms with van der Waals surface area (Å²) in [6.07, 6.45) is 4.32. The summed E-state index contributed by atoms with van der Waals surface area (Å²) in [5.41, 5.74) is 3.72. The number of thioether (sulfide) groups is 1. The Morgan fingerprint density at radius 1 is 1.41 bits per heavy atom. The van der Waals surface area contributed by atoms with E-state index < -0.39 is 0 Å². The summed E-state index contributed by atoms with van der Waals surface area (Å²) >= 11 is 7.70. The zero-order valence-electron chi connectivity index (χ0n) is 9.37. The number of alkyl halides is 1. The van der Waals surface area contributed by atoms with Crippen LogP contribution in [0, 0.1) is 0 Å². The molecule has 0 atom stereocenters. The fraction of sp³-hybridized carbons (Fsp3) is 0.308. The normalized spacial score (nSPS) is 14.6. The number of aromatic nitrogens is 2. The third kappa shape index (κ3) is 2.22. The molecular weight excluding hydrogens is 252 g/mol. The van der Waals surface area contributed by atoms with E-state index in [0.29, 0.717) is 5.88 Å². The maximum absolute atomic E-state index is 5.75. The minimum atomic E-state index is 0.431. The third-order valence-corrected chi connectivity index (χ3v) is 4.43. The Balaban J connectivity index is 1.97. The van der Waals surface area contributed by atoms with Crippen molar-refractivity contribution < 1.29 is 0 Å². The van der Waals surface area contributed by atoms with Crippen molar-refractivity contribution in [1.82, 2.24) is 9.97 Å². The summed E-state index contributed by atoms with van der Waals surface area (Å²) in [5, 5.41) is 0. The number of halogens is 1. The maximum atomic E-state index is 5.75. The average Bonchev–Trinajstić information content (AvgIpc) is 2.87. The van der Waals surface area contributed by atoms with E-state index in [1.165, 1.54) is 34.6 Å². The zero-order chi connectivity index (χ0) is 11.7. The van der Waals surface area contributed by atoms with Crippen LogP contribution in [0.5, 0.6) is 0 Å². The standard InChI is InChI=1S/C13H13ClN2S/c14-7-13-15-8-11(16-13)9-3-4-12-10(6-9)2-1-5-17-12/h3-4,6,8H,1-2,5,7H2,(H,15,16). The van der Waals surface area contributed by atoms with E-state index in [9.17, 15) is 0 Å². The number of fused-ring (bicyclic) bond motifs is 1. The van der Waals surface area contributed by atoms with E-state index in [1.54, 1.807) is 0 Å². The Hall–Kier alpha value is -0.930. The van der Waals surface area contributed by atoms with Gasteiger partial charge < -0.3 is 4.98 Å². The second-order valence-corrected chi connectivity index (χ2v) is 5.56. The van der Waals surface area contributed by atoms with Crippen LogP contribution < -0.4 is 0 Å². The Morgan fingerprint density at radius 3 is 3.18 bits per heavy atom. The number of hydrogen-bond acceptors (Lipinski definition) is 2. The van der Waals surface area contributed by atoms with Crippen molar-refractivity contribution in [1.29, 1.82) is 0 Å². The highest BCUT2D eigenvalue weighted by molar-refractivity contribution is 7.99. The minimum absolute atomic E-state index is 0.431. The number of benzene rings is 1. The second-order valence-electron chi connectivity index (χ2n) is 4.15. The van der Waals surface area contributed by atoms with Gasteiger partial charge >= 0.3 is 0 Å². The molecule has 0 amide bonds. The summed E-state index contributed by atoms with van der Waals surface area (Å²) in [5.74, 6) is 2.50. The molecule has 0 aliphatic carbocycles. The largest absolute Gasteiger partial charge is 0.341 e. The predicted octanol–water partition coefficient (Wildman–Crippen LogP) is 3.85. The van der Waals surface area contributed by atoms with E-state index in [0.717, 1.165) is 11.5 Å². The molecule has 0 bridgehead atoms. The summed E-state index contributed by atoms with van der Waals surface area (Å²) in [6.45, 7) is 0. The summed E-state index contributed by atoms with van der Waals surface area (Å²) in [4.78, 5) is 8.89. The first-order chi connectivity index (χ1) is 8.36. The molecule has 4 heteroatoms.